The lowest BCUT2D eigenvalue weighted by Gasteiger charge is -2.33. The summed E-state index contributed by atoms with van der Waals surface area (Å²) in [5, 5.41) is 0. The van der Waals surface area contributed by atoms with Crippen LogP contribution in [0.4, 0.5) is 5.82 Å². The number of pyridine rings is 1. The molecule has 4 heterocycles. The molecule has 0 saturated carbocycles. The van der Waals surface area contributed by atoms with E-state index in [4.69, 9.17) is 0 Å². The van der Waals surface area contributed by atoms with Crippen molar-refractivity contribution in [2.24, 2.45) is 0 Å². The van der Waals surface area contributed by atoms with Gasteiger partial charge in [-0.3, -0.25) is 0 Å². The van der Waals surface area contributed by atoms with Crippen LogP contribution in [0.5, 0.6) is 0 Å². The Morgan fingerprint density at radius 2 is 1.80 bits per heavy atom. The third-order valence-electron chi connectivity index (χ3n) is 5.16. The molecule has 0 N–H and O–H groups in total. The largest absolute Gasteiger partial charge is 0.356 e. The molecular weight excluding hydrogens is 338 g/mol. The lowest BCUT2D eigenvalue weighted by Crippen LogP contribution is -2.35. The number of rotatable bonds is 4. The monoisotopic (exact) mass is 361 g/mol. The molecule has 2 aliphatic heterocycles. The first-order valence-electron chi connectivity index (χ1n) is 8.83. The molecule has 2 fully saturated rings. The van der Waals surface area contributed by atoms with Crippen molar-refractivity contribution in [3.63, 3.8) is 0 Å². The SMILES string of the molecule is O=S(=O)(c1ccc(N2CCC(n3ccnc3)CC2)nc1)N1CCCC1. The van der Waals surface area contributed by atoms with Gasteiger partial charge in [-0.15, -0.1) is 0 Å². The van der Waals surface area contributed by atoms with Gasteiger partial charge in [0.05, 0.1) is 6.33 Å². The third-order valence-corrected chi connectivity index (χ3v) is 7.04. The fraction of sp³-hybridized carbons (Fsp3) is 0.529. The molecule has 0 unspecified atom stereocenters. The van der Waals surface area contributed by atoms with Gasteiger partial charge in [0.15, 0.2) is 0 Å². The second kappa shape index (κ2) is 6.76. The summed E-state index contributed by atoms with van der Waals surface area (Å²) in [4.78, 5) is 11.1. The third kappa shape index (κ3) is 3.28. The van der Waals surface area contributed by atoms with E-state index in [0.29, 0.717) is 24.0 Å². The Kier molecular flexibility index (Phi) is 4.47. The number of imidazole rings is 1. The molecule has 0 amide bonds. The fourth-order valence-corrected chi connectivity index (χ4v) is 5.13. The van der Waals surface area contributed by atoms with E-state index in [-0.39, 0.29) is 0 Å². The molecule has 25 heavy (non-hydrogen) atoms. The minimum absolute atomic E-state index is 0.298. The van der Waals surface area contributed by atoms with Crippen LogP contribution in [0.25, 0.3) is 0 Å². The highest BCUT2D eigenvalue weighted by Gasteiger charge is 2.28. The molecule has 8 heteroatoms. The summed E-state index contributed by atoms with van der Waals surface area (Å²) in [5.41, 5.74) is 0. The highest BCUT2D eigenvalue weighted by Crippen LogP contribution is 2.26. The zero-order valence-electron chi connectivity index (χ0n) is 14.2. The maximum Gasteiger partial charge on any atom is 0.244 e. The number of aromatic nitrogens is 3. The van der Waals surface area contributed by atoms with Gasteiger partial charge in [-0.05, 0) is 37.8 Å². The smallest absolute Gasteiger partial charge is 0.244 e. The van der Waals surface area contributed by atoms with Gasteiger partial charge in [0.1, 0.15) is 10.7 Å². The quantitative estimate of drug-likeness (QED) is 0.832. The van der Waals surface area contributed by atoms with Crippen molar-refractivity contribution in [2.45, 2.75) is 36.6 Å². The fourth-order valence-electron chi connectivity index (χ4n) is 3.67. The van der Waals surface area contributed by atoms with Gasteiger partial charge in [0.25, 0.3) is 0 Å². The number of hydrogen-bond donors (Lipinski definition) is 0. The van der Waals surface area contributed by atoms with Gasteiger partial charge in [0, 0.05) is 50.8 Å². The van der Waals surface area contributed by atoms with Crippen molar-refractivity contribution < 1.29 is 8.42 Å². The topological polar surface area (TPSA) is 71.3 Å². The first-order valence-corrected chi connectivity index (χ1v) is 10.3. The van der Waals surface area contributed by atoms with E-state index in [9.17, 15) is 8.42 Å². The van der Waals surface area contributed by atoms with Gasteiger partial charge in [-0.1, -0.05) is 0 Å². The average Bonchev–Trinajstić information content (AvgIpc) is 3.36. The zero-order valence-corrected chi connectivity index (χ0v) is 15.0. The molecule has 2 aromatic heterocycles. The van der Waals surface area contributed by atoms with E-state index < -0.39 is 10.0 Å². The first kappa shape index (κ1) is 16.5. The maximum atomic E-state index is 12.6. The minimum atomic E-state index is -3.38. The summed E-state index contributed by atoms with van der Waals surface area (Å²) in [6, 6.07) is 4.01. The van der Waals surface area contributed by atoms with E-state index in [0.717, 1.165) is 44.6 Å². The van der Waals surface area contributed by atoms with E-state index >= 15 is 0 Å². The van der Waals surface area contributed by atoms with Crippen LogP contribution in [0.15, 0.2) is 41.9 Å². The Morgan fingerprint density at radius 1 is 1.04 bits per heavy atom. The van der Waals surface area contributed by atoms with Crippen molar-refractivity contribution in [2.75, 3.05) is 31.1 Å². The van der Waals surface area contributed by atoms with Crippen LogP contribution in [-0.2, 0) is 10.0 Å². The molecular formula is C17H23N5O2S. The molecule has 0 bridgehead atoms. The molecule has 0 radical (unpaired) electrons. The standard InChI is InChI=1S/C17H23N5O2S/c23-25(24,22-8-1-2-9-22)16-3-4-17(19-13-16)20-10-5-15(6-11-20)21-12-7-18-14-21/h3-4,7,12-15H,1-2,5-6,8-11H2. The molecule has 0 atom stereocenters. The van der Waals surface area contributed by atoms with Crippen molar-refractivity contribution in [3.05, 3.63) is 37.1 Å². The van der Waals surface area contributed by atoms with Gasteiger partial charge in [-0.2, -0.15) is 4.31 Å². The van der Waals surface area contributed by atoms with Crippen LogP contribution in [0.3, 0.4) is 0 Å². The van der Waals surface area contributed by atoms with Gasteiger partial charge in [-0.25, -0.2) is 18.4 Å². The Balaban J connectivity index is 1.43. The van der Waals surface area contributed by atoms with Crippen LogP contribution >= 0.6 is 0 Å². The molecule has 134 valence electrons. The number of sulfonamides is 1. The van der Waals surface area contributed by atoms with Gasteiger partial charge in [0.2, 0.25) is 10.0 Å². The average molecular weight is 361 g/mol. The highest BCUT2D eigenvalue weighted by molar-refractivity contribution is 7.89. The Labute approximate surface area is 148 Å². The molecule has 2 aromatic rings. The predicted molar refractivity (Wildman–Crippen MR) is 94.9 cm³/mol. The Hall–Kier alpha value is -1.93. The van der Waals surface area contributed by atoms with Crippen LogP contribution in [-0.4, -0.2) is 53.4 Å². The summed E-state index contributed by atoms with van der Waals surface area (Å²) in [7, 11) is -3.38. The molecule has 2 aliphatic rings. The first-order chi connectivity index (χ1) is 12.1. The molecule has 4 rings (SSSR count). The Bertz CT molecular complexity index is 790. The maximum absolute atomic E-state index is 12.6. The van der Waals surface area contributed by atoms with Gasteiger partial charge < -0.3 is 9.47 Å². The number of anilines is 1. The summed E-state index contributed by atoms with van der Waals surface area (Å²) < 4.78 is 28.8. The van der Waals surface area contributed by atoms with Crippen LogP contribution in [0, 0.1) is 0 Å². The summed E-state index contributed by atoms with van der Waals surface area (Å²) in [6.07, 6.45) is 11.1. The predicted octanol–water partition coefficient (Wildman–Crippen LogP) is 1.90. The van der Waals surface area contributed by atoms with Gasteiger partial charge >= 0.3 is 0 Å². The minimum Gasteiger partial charge on any atom is -0.356 e. The zero-order chi connectivity index (χ0) is 17.3. The summed E-state index contributed by atoms with van der Waals surface area (Å²) in [5.74, 6) is 0.851. The molecule has 0 aliphatic carbocycles. The van der Waals surface area contributed by atoms with Crippen LogP contribution in [0.1, 0.15) is 31.7 Å². The van der Waals surface area contributed by atoms with E-state index in [1.165, 1.54) is 6.20 Å². The number of hydrogen-bond acceptors (Lipinski definition) is 5. The van der Waals surface area contributed by atoms with Crippen LogP contribution in [0.2, 0.25) is 0 Å². The van der Waals surface area contributed by atoms with E-state index in [1.54, 1.807) is 10.4 Å². The summed E-state index contributed by atoms with van der Waals surface area (Å²) in [6.45, 7) is 3.06. The van der Waals surface area contributed by atoms with Crippen molar-refractivity contribution in [3.8, 4) is 0 Å². The second-order valence-corrected chi connectivity index (χ2v) is 8.63. The highest BCUT2D eigenvalue weighted by atomic mass is 32.2. The molecule has 0 spiro atoms. The van der Waals surface area contributed by atoms with Crippen LogP contribution < -0.4 is 4.90 Å². The van der Waals surface area contributed by atoms with E-state index in [1.807, 2.05) is 24.8 Å². The number of nitrogens with zero attached hydrogens (tertiary/aromatic N) is 5. The van der Waals surface area contributed by atoms with Crippen molar-refractivity contribution in [1.82, 2.24) is 18.8 Å². The second-order valence-electron chi connectivity index (χ2n) is 6.69. The molecule has 2 saturated heterocycles. The Morgan fingerprint density at radius 3 is 2.40 bits per heavy atom. The molecule has 0 aromatic carbocycles. The lowest BCUT2D eigenvalue weighted by atomic mass is 10.1. The van der Waals surface area contributed by atoms with Crippen molar-refractivity contribution in [1.29, 1.82) is 0 Å². The number of piperidine rings is 1. The normalized spacial score (nSPS) is 20.2. The van der Waals surface area contributed by atoms with Crippen molar-refractivity contribution >= 4 is 15.8 Å². The van der Waals surface area contributed by atoms with E-state index in [2.05, 4.69) is 19.4 Å². The molecule has 7 nitrogen and oxygen atoms in total. The summed E-state index contributed by atoms with van der Waals surface area (Å²) >= 11 is 0. The lowest BCUT2D eigenvalue weighted by molar-refractivity contribution is 0.394.